The lowest BCUT2D eigenvalue weighted by Crippen LogP contribution is -2.43. The molecule has 4 aromatic carbocycles. The van der Waals surface area contributed by atoms with Gasteiger partial charge in [0.1, 0.15) is 35.3 Å². The second-order valence-electron chi connectivity index (χ2n) is 20.8. The number of amides is 4. The first-order valence-electron chi connectivity index (χ1n) is 28.7. The summed E-state index contributed by atoms with van der Waals surface area (Å²) in [5, 5.41) is 10.9. The van der Waals surface area contributed by atoms with Crippen molar-refractivity contribution in [2.75, 3.05) is 118 Å². The fourth-order valence-electron chi connectivity index (χ4n) is 10.8. The van der Waals surface area contributed by atoms with Gasteiger partial charge in [0, 0.05) is 50.4 Å². The van der Waals surface area contributed by atoms with Crippen LogP contribution in [0.3, 0.4) is 0 Å². The molecule has 82 heavy (non-hydrogen) atoms. The predicted molar refractivity (Wildman–Crippen MR) is 304 cm³/mol. The van der Waals surface area contributed by atoms with Gasteiger partial charge in [-0.2, -0.15) is 0 Å². The average Bonchev–Trinajstić information content (AvgIpc) is 4.25. The van der Waals surface area contributed by atoms with Crippen molar-refractivity contribution >= 4 is 32.1 Å². The zero-order chi connectivity index (χ0) is 57.6. The monoisotopic (exact) mass is 1180 g/mol. The number of hydrogen-bond donors (Lipinski definition) is 6. The third-order valence-corrected chi connectivity index (χ3v) is 17.9. The molecule has 0 aromatic heterocycles. The lowest BCUT2D eigenvalue weighted by atomic mass is 10.0. The quantitative estimate of drug-likeness (QED) is 0.0313. The predicted octanol–water partition coefficient (Wildman–Crippen LogP) is 5.73. The van der Waals surface area contributed by atoms with E-state index in [1.807, 2.05) is 12.1 Å². The standard InChI is InChI=1S/C58H80F2N8O12S2/c59-45-11-9-43-39-53(67-27-5-1-6-28-67)55(51(43)41-45)79-47-13-17-49(18-14-47)81(71,72)65-25-33-77-37-35-75-31-23-63-57(69)61-21-3-4-22-62-58(70)64-24-32-76-36-38-78-34-26-66-82(73,74)50-19-15-48(16-20-50)80-56-52-42-46(60)12-10-44(52)40-54(56)68-29-7-2-8-30-68/h9-20,41-42,53-56,65-66H,1-8,21-40H2,(H2,61,63,69)(H2,62,64,70)/t53-,54?,55-,56-/m0/s1. The van der Waals surface area contributed by atoms with E-state index in [9.17, 15) is 35.2 Å². The Morgan fingerprint density at radius 1 is 0.451 bits per heavy atom. The van der Waals surface area contributed by atoms with Crippen LogP contribution in [0.1, 0.15) is 85.8 Å². The summed E-state index contributed by atoms with van der Waals surface area (Å²) in [6.45, 7) is 7.16. The third kappa shape index (κ3) is 19.0. The third-order valence-electron chi connectivity index (χ3n) is 15.0. The Kier molecular flexibility index (Phi) is 24.3. The lowest BCUT2D eigenvalue weighted by molar-refractivity contribution is 0.0516. The summed E-state index contributed by atoms with van der Waals surface area (Å²) < 4.78 is 120. The number of halogens is 2. The van der Waals surface area contributed by atoms with E-state index in [2.05, 4.69) is 40.5 Å². The molecule has 2 fully saturated rings. The van der Waals surface area contributed by atoms with E-state index < -0.39 is 20.0 Å². The smallest absolute Gasteiger partial charge is 0.314 e. The van der Waals surface area contributed by atoms with Crippen LogP contribution < -0.4 is 40.2 Å². The van der Waals surface area contributed by atoms with Gasteiger partial charge < -0.3 is 49.7 Å². The van der Waals surface area contributed by atoms with Crippen molar-refractivity contribution in [2.24, 2.45) is 0 Å². The molecule has 0 spiro atoms. The highest BCUT2D eigenvalue weighted by Gasteiger charge is 2.40. The fourth-order valence-corrected chi connectivity index (χ4v) is 12.8. The van der Waals surface area contributed by atoms with Crippen LogP contribution in [-0.2, 0) is 51.8 Å². The summed E-state index contributed by atoms with van der Waals surface area (Å²) in [6.07, 6.45) is 9.01. The van der Waals surface area contributed by atoms with E-state index in [1.54, 1.807) is 36.4 Å². The molecule has 0 radical (unpaired) electrons. The topological polar surface area (TPSA) is 236 Å². The van der Waals surface area contributed by atoms with Crippen LogP contribution in [0, 0.1) is 11.6 Å². The van der Waals surface area contributed by atoms with E-state index >= 15 is 0 Å². The molecule has 6 N–H and O–H groups in total. The number of urea groups is 2. The second kappa shape index (κ2) is 31.9. The van der Waals surface area contributed by atoms with Crippen molar-refractivity contribution in [1.82, 2.24) is 40.5 Å². The molecule has 2 heterocycles. The number of likely N-dealkylation sites (tertiary alicyclic amines) is 2. The number of fused-ring (bicyclic) bond motifs is 2. The molecule has 4 atom stereocenters. The maximum Gasteiger partial charge on any atom is 0.314 e. The fraction of sp³-hybridized carbons (Fsp3) is 0.552. The van der Waals surface area contributed by atoms with Gasteiger partial charge in [-0.25, -0.2) is 44.6 Å². The van der Waals surface area contributed by atoms with Gasteiger partial charge in [0.2, 0.25) is 20.0 Å². The molecule has 2 aliphatic carbocycles. The minimum absolute atomic E-state index is 0.0586. The summed E-state index contributed by atoms with van der Waals surface area (Å²) in [5.41, 5.74) is 3.82. The number of rotatable bonds is 33. The van der Waals surface area contributed by atoms with Crippen molar-refractivity contribution < 1.29 is 63.6 Å². The van der Waals surface area contributed by atoms with Crippen LogP contribution in [0.2, 0.25) is 0 Å². The van der Waals surface area contributed by atoms with Crippen molar-refractivity contribution in [3.05, 3.63) is 119 Å². The number of carbonyl (C=O) groups excluding carboxylic acids is 2. The van der Waals surface area contributed by atoms with E-state index in [1.165, 1.54) is 49.2 Å². The van der Waals surface area contributed by atoms with Crippen LogP contribution in [0.25, 0.3) is 0 Å². The van der Waals surface area contributed by atoms with Crippen molar-refractivity contribution in [3.63, 3.8) is 0 Å². The second-order valence-corrected chi connectivity index (χ2v) is 24.3. The number of ether oxygens (including phenoxy) is 6. The number of carbonyl (C=O) groups is 2. The van der Waals surface area contributed by atoms with E-state index in [0.717, 1.165) is 87.0 Å². The van der Waals surface area contributed by atoms with E-state index in [-0.39, 0.29) is 137 Å². The number of unbranched alkanes of at least 4 members (excludes halogenated alkanes) is 1. The Hall–Kier alpha value is -5.54. The summed E-state index contributed by atoms with van der Waals surface area (Å²) in [7, 11) is -7.60. The van der Waals surface area contributed by atoms with Gasteiger partial charge >= 0.3 is 12.1 Å². The first-order valence-corrected chi connectivity index (χ1v) is 31.7. The molecule has 8 rings (SSSR count). The van der Waals surface area contributed by atoms with Crippen LogP contribution >= 0.6 is 0 Å². The largest absolute Gasteiger partial charge is 0.484 e. The molecule has 2 aliphatic heterocycles. The Balaban J connectivity index is 0.570. The number of nitrogens with zero attached hydrogens (tertiary/aromatic N) is 2. The Labute approximate surface area is 481 Å². The minimum Gasteiger partial charge on any atom is -0.484 e. The summed E-state index contributed by atoms with van der Waals surface area (Å²) >= 11 is 0. The summed E-state index contributed by atoms with van der Waals surface area (Å²) in [4.78, 5) is 29.3. The van der Waals surface area contributed by atoms with E-state index in [4.69, 9.17) is 28.4 Å². The van der Waals surface area contributed by atoms with E-state index in [0.29, 0.717) is 37.4 Å². The average molecular weight is 1180 g/mol. The normalized spacial score (nSPS) is 19.3. The molecular weight excluding hydrogens is 1100 g/mol. The Morgan fingerprint density at radius 3 is 1.18 bits per heavy atom. The van der Waals surface area contributed by atoms with Gasteiger partial charge in [-0.05, 0) is 161 Å². The zero-order valence-corrected chi connectivity index (χ0v) is 48.2. The van der Waals surface area contributed by atoms with Gasteiger partial charge in [-0.15, -0.1) is 0 Å². The SMILES string of the molecule is O=C(NCCCCNC(=O)NCCOCCOCCNS(=O)(=O)c1ccc(O[C@H]2c3cc(F)ccc3C[C@@H]2N2CCCCC2)cc1)NCCOCCOCCNS(=O)(=O)c1ccc(O[C@H]2c3cc(F)ccc3CC2N2CCCCC2)cc1. The molecule has 0 bridgehead atoms. The minimum atomic E-state index is -3.80. The van der Waals surface area contributed by atoms with Crippen molar-refractivity contribution in [3.8, 4) is 11.5 Å². The molecule has 450 valence electrons. The Bertz CT molecular complexity index is 2670. The first kappa shape index (κ1) is 62.5. The van der Waals surface area contributed by atoms with Crippen LogP contribution in [-0.4, -0.2) is 169 Å². The molecule has 4 aromatic rings. The number of sulfonamides is 2. The number of piperidine rings is 2. The maximum absolute atomic E-state index is 14.3. The first-order chi connectivity index (χ1) is 39.8. The molecule has 0 saturated carbocycles. The maximum atomic E-state index is 14.3. The van der Waals surface area contributed by atoms with Crippen molar-refractivity contribution in [1.29, 1.82) is 0 Å². The zero-order valence-electron chi connectivity index (χ0n) is 46.6. The van der Waals surface area contributed by atoms with Gasteiger partial charge in [0.15, 0.2) is 0 Å². The number of nitrogens with one attached hydrogen (secondary N) is 6. The molecule has 4 amide bonds. The Morgan fingerprint density at radius 2 is 0.805 bits per heavy atom. The highest BCUT2D eigenvalue weighted by molar-refractivity contribution is 7.89. The molecule has 20 nitrogen and oxygen atoms in total. The number of hydrogen-bond acceptors (Lipinski definition) is 14. The highest BCUT2D eigenvalue weighted by Crippen LogP contribution is 2.41. The molecule has 2 saturated heterocycles. The van der Waals surface area contributed by atoms with Crippen molar-refractivity contribution in [2.45, 2.75) is 98.3 Å². The molecular formula is C58H80F2N8O12S2. The van der Waals surface area contributed by atoms with Crippen LogP contribution in [0.15, 0.2) is 94.7 Å². The molecule has 1 unspecified atom stereocenters. The lowest BCUT2D eigenvalue weighted by Gasteiger charge is -2.35. The highest BCUT2D eigenvalue weighted by atomic mass is 32.2. The van der Waals surface area contributed by atoms with Crippen LogP contribution in [0.5, 0.6) is 11.5 Å². The molecule has 4 aliphatic rings. The van der Waals surface area contributed by atoms with Crippen LogP contribution in [0.4, 0.5) is 18.4 Å². The summed E-state index contributed by atoms with van der Waals surface area (Å²) in [5.74, 6) is 0.411. The van der Waals surface area contributed by atoms with Gasteiger partial charge in [0.05, 0.1) is 74.7 Å². The van der Waals surface area contributed by atoms with Gasteiger partial charge in [-0.3, -0.25) is 9.80 Å². The summed E-state index contributed by atoms with van der Waals surface area (Å²) in [6, 6.07) is 21.7. The number of benzene rings is 4. The molecule has 24 heteroatoms. The van der Waals surface area contributed by atoms with Gasteiger partial charge in [-0.1, -0.05) is 25.0 Å². The van der Waals surface area contributed by atoms with Gasteiger partial charge in [0.25, 0.3) is 0 Å².